The fraction of sp³-hybridized carbons (Fsp3) is 0.158. The Hall–Kier alpha value is -2.18. The summed E-state index contributed by atoms with van der Waals surface area (Å²) in [6, 6.07) is 11.2. The minimum absolute atomic E-state index is 0.326. The van der Waals surface area contributed by atoms with E-state index in [4.69, 9.17) is 9.47 Å². The van der Waals surface area contributed by atoms with E-state index in [1.54, 1.807) is 24.4 Å². The summed E-state index contributed by atoms with van der Waals surface area (Å²) < 4.78 is 12.7. The fourth-order valence-electron chi connectivity index (χ4n) is 2.26. The van der Waals surface area contributed by atoms with Gasteiger partial charge in [-0.3, -0.25) is 4.79 Å². The first kappa shape index (κ1) is 17.6. The summed E-state index contributed by atoms with van der Waals surface area (Å²) in [5, 5.41) is 2.74. The zero-order chi connectivity index (χ0) is 17.6. The molecule has 0 saturated heterocycles. The van der Waals surface area contributed by atoms with Crippen LogP contribution in [0.25, 0.3) is 0 Å². The van der Waals surface area contributed by atoms with Crippen LogP contribution < -0.4 is 9.47 Å². The average Bonchev–Trinajstić information content (AvgIpc) is 3.15. The molecule has 1 aromatic heterocycles. The first-order chi connectivity index (χ1) is 12.2. The van der Waals surface area contributed by atoms with Crippen molar-refractivity contribution < 1.29 is 14.3 Å². The van der Waals surface area contributed by atoms with Crippen LogP contribution in [0.5, 0.6) is 11.5 Å². The first-order valence-corrected chi connectivity index (χ1v) is 9.32. The Labute approximate surface area is 158 Å². The first-order valence-electron chi connectivity index (χ1n) is 7.64. The van der Waals surface area contributed by atoms with Crippen LogP contribution in [0, 0.1) is 6.92 Å². The molecule has 0 bridgehead atoms. The third kappa shape index (κ3) is 4.46. The van der Waals surface area contributed by atoms with E-state index in [1.807, 2.05) is 30.5 Å². The number of carbonyl (C=O) groups is 1. The smallest absolute Gasteiger partial charge is 0.153 e. The number of hydrogen-bond donors (Lipinski definition) is 0. The Morgan fingerprint density at radius 1 is 1.20 bits per heavy atom. The van der Waals surface area contributed by atoms with Crippen molar-refractivity contribution in [3.05, 3.63) is 74.1 Å². The van der Waals surface area contributed by atoms with Crippen LogP contribution in [0.15, 0.2) is 52.4 Å². The Bertz CT molecular complexity index is 865. The molecular formula is C19H16BrNO3S. The molecule has 128 valence electrons. The predicted molar refractivity (Wildman–Crippen MR) is 101 cm³/mol. The van der Waals surface area contributed by atoms with Crippen molar-refractivity contribution in [3.8, 4) is 11.5 Å². The van der Waals surface area contributed by atoms with Crippen molar-refractivity contribution >= 4 is 33.6 Å². The minimum Gasteiger partial charge on any atom is -0.489 e. The number of hydrogen-bond acceptors (Lipinski definition) is 5. The van der Waals surface area contributed by atoms with Gasteiger partial charge in [0.05, 0.1) is 5.56 Å². The van der Waals surface area contributed by atoms with E-state index in [9.17, 15) is 4.79 Å². The molecule has 0 aliphatic rings. The Balaban J connectivity index is 1.72. The van der Waals surface area contributed by atoms with E-state index in [0.717, 1.165) is 26.9 Å². The minimum atomic E-state index is 0.326. The van der Waals surface area contributed by atoms with Crippen molar-refractivity contribution in [1.82, 2.24) is 4.98 Å². The molecule has 0 spiro atoms. The molecule has 4 nitrogen and oxygen atoms in total. The predicted octanol–water partition coefficient (Wildman–Crippen LogP) is 5.18. The quantitative estimate of drug-likeness (QED) is 0.496. The van der Waals surface area contributed by atoms with Gasteiger partial charge in [-0.2, -0.15) is 0 Å². The van der Waals surface area contributed by atoms with E-state index in [2.05, 4.69) is 20.9 Å². The van der Waals surface area contributed by atoms with Crippen LogP contribution in [-0.4, -0.2) is 11.3 Å². The number of aldehydes is 1. The van der Waals surface area contributed by atoms with Gasteiger partial charge in [0.25, 0.3) is 0 Å². The lowest BCUT2D eigenvalue weighted by Crippen LogP contribution is -2.01. The highest BCUT2D eigenvalue weighted by Gasteiger charge is 2.08. The molecule has 0 atom stereocenters. The van der Waals surface area contributed by atoms with Crippen LogP contribution in [-0.2, 0) is 13.2 Å². The maximum Gasteiger partial charge on any atom is 0.153 e. The number of benzene rings is 2. The SMILES string of the molecule is Cc1c(Br)cccc1COc1ccc(C=O)c(OCc2nccs2)c1. The zero-order valence-corrected chi connectivity index (χ0v) is 16.0. The molecular weight excluding hydrogens is 402 g/mol. The Kier molecular flexibility index (Phi) is 5.83. The Morgan fingerprint density at radius 2 is 2.08 bits per heavy atom. The number of thiazole rings is 1. The van der Waals surface area contributed by atoms with E-state index < -0.39 is 0 Å². The lowest BCUT2D eigenvalue weighted by molar-refractivity contribution is 0.111. The van der Waals surface area contributed by atoms with Gasteiger partial charge in [-0.1, -0.05) is 28.1 Å². The molecule has 0 fully saturated rings. The van der Waals surface area contributed by atoms with Gasteiger partial charge in [-0.15, -0.1) is 11.3 Å². The number of halogens is 1. The van der Waals surface area contributed by atoms with Crippen molar-refractivity contribution in [3.63, 3.8) is 0 Å². The van der Waals surface area contributed by atoms with Crippen molar-refractivity contribution in [2.24, 2.45) is 0 Å². The lowest BCUT2D eigenvalue weighted by Gasteiger charge is -2.12. The van der Waals surface area contributed by atoms with Gasteiger partial charge < -0.3 is 9.47 Å². The van der Waals surface area contributed by atoms with Crippen molar-refractivity contribution in [2.45, 2.75) is 20.1 Å². The number of aromatic nitrogens is 1. The summed E-state index contributed by atoms with van der Waals surface area (Å²) in [7, 11) is 0. The molecule has 3 rings (SSSR count). The highest BCUT2D eigenvalue weighted by molar-refractivity contribution is 9.10. The highest BCUT2D eigenvalue weighted by Crippen LogP contribution is 2.27. The van der Waals surface area contributed by atoms with Gasteiger partial charge in [0.2, 0.25) is 0 Å². The molecule has 0 aliphatic heterocycles. The van der Waals surface area contributed by atoms with Gasteiger partial charge in [-0.05, 0) is 36.2 Å². The van der Waals surface area contributed by atoms with Gasteiger partial charge in [0.15, 0.2) is 6.29 Å². The zero-order valence-electron chi connectivity index (χ0n) is 13.6. The molecule has 0 N–H and O–H groups in total. The van der Waals surface area contributed by atoms with Gasteiger partial charge >= 0.3 is 0 Å². The summed E-state index contributed by atoms with van der Waals surface area (Å²) >= 11 is 5.03. The second kappa shape index (κ2) is 8.27. The van der Waals surface area contributed by atoms with Crippen LogP contribution >= 0.6 is 27.3 Å². The molecule has 0 amide bonds. The van der Waals surface area contributed by atoms with E-state index in [1.165, 1.54) is 11.3 Å². The van der Waals surface area contributed by atoms with Crippen LogP contribution in [0.4, 0.5) is 0 Å². The summed E-state index contributed by atoms with van der Waals surface area (Å²) in [4.78, 5) is 15.4. The topological polar surface area (TPSA) is 48.4 Å². The van der Waals surface area contributed by atoms with E-state index >= 15 is 0 Å². The molecule has 0 radical (unpaired) electrons. The van der Waals surface area contributed by atoms with E-state index in [-0.39, 0.29) is 0 Å². The maximum atomic E-state index is 11.2. The van der Waals surface area contributed by atoms with Gasteiger partial charge in [-0.25, -0.2) is 4.98 Å². The van der Waals surface area contributed by atoms with Crippen molar-refractivity contribution in [2.75, 3.05) is 0 Å². The van der Waals surface area contributed by atoms with Crippen molar-refractivity contribution in [1.29, 1.82) is 0 Å². The molecule has 25 heavy (non-hydrogen) atoms. The number of nitrogens with zero attached hydrogens (tertiary/aromatic N) is 1. The normalized spacial score (nSPS) is 10.5. The average molecular weight is 418 g/mol. The highest BCUT2D eigenvalue weighted by atomic mass is 79.9. The standard InChI is InChI=1S/C19H16BrNO3S/c1-13-15(3-2-4-17(13)20)11-23-16-6-5-14(10-22)18(9-16)24-12-19-21-7-8-25-19/h2-10H,11-12H2,1H3. The molecule has 0 saturated carbocycles. The molecule has 6 heteroatoms. The molecule has 3 aromatic rings. The number of rotatable bonds is 7. The van der Waals surface area contributed by atoms with Gasteiger partial charge in [0.1, 0.15) is 29.7 Å². The number of ether oxygens (including phenoxy) is 2. The van der Waals surface area contributed by atoms with E-state index in [0.29, 0.717) is 30.3 Å². The molecule has 1 heterocycles. The second-order valence-electron chi connectivity index (χ2n) is 5.34. The third-order valence-corrected chi connectivity index (χ3v) is 5.33. The van der Waals surface area contributed by atoms with Crippen LogP contribution in [0.3, 0.4) is 0 Å². The molecule has 0 unspecified atom stereocenters. The monoisotopic (exact) mass is 417 g/mol. The second-order valence-corrected chi connectivity index (χ2v) is 7.18. The molecule has 2 aromatic carbocycles. The summed E-state index contributed by atoms with van der Waals surface area (Å²) in [5.74, 6) is 1.15. The number of carbonyl (C=O) groups excluding carboxylic acids is 1. The third-order valence-electron chi connectivity index (χ3n) is 3.72. The lowest BCUT2D eigenvalue weighted by atomic mass is 10.1. The van der Waals surface area contributed by atoms with Crippen LogP contribution in [0.2, 0.25) is 0 Å². The summed E-state index contributed by atoms with van der Waals surface area (Å²) in [6.45, 7) is 2.81. The largest absolute Gasteiger partial charge is 0.489 e. The maximum absolute atomic E-state index is 11.2. The van der Waals surface area contributed by atoms with Crippen LogP contribution in [0.1, 0.15) is 26.5 Å². The molecule has 0 aliphatic carbocycles. The summed E-state index contributed by atoms with van der Waals surface area (Å²) in [5.41, 5.74) is 2.73. The van der Waals surface area contributed by atoms with Gasteiger partial charge in [0, 0.05) is 22.1 Å². The Morgan fingerprint density at radius 3 is 2.84 bits per heavy atom. The summed E-state index contributed by atoms with van der Waals surface area (Å²) in [6.07, 6.45) is 2.50. The fourth-order valence-corrected chi connectivity index (χ4v) is 3.19.